The second-order valence-corrected chi connectivity index (χ2v) is 9.86. The van der Waals surface area contributed by atoms with Crippen LogP contribution < -0.4 is 14.4 Å². The van der Waals surface area contributed by atoms with E-state index in [2.05, 4.69) is 21.4 Å². The summed E-state index contributed by atoms with van der Waals surface area (Å²) in [4.78, 5) is 24.9. The summed E-state index contributed by atoms with van der Waals surface area (Å²) in [6.45, 7) is 8.74. The molecule has 210 valence electrons. The summed E-state index contributed by atoms with van der Waals surface area (Å²) in [7, 11) is -3.90. The van der Waals surface area contributed by atoms with Gasteiger partial charge in [0.15, 0.2) is 0 Å². The normalized spacial score (nSPS) is 14.3. The maximum Gasteiger partial charge on any atom is 0.490 e. The van der Waals surface area contributed by atoms with Crippen LogP contribution in [-0.4, -0.2) is 81.0 Å². The van der Waals surface area contributed by atoms with E-state index in [1.165, 1.54) is 24.3 Å². The van der Waals surface area contributed by atoms with Crippen molar-refractivity contribution in [3.8, 4) is 5.75 Å². The molecule has 1 fully saturated rings. The highest BCUT2D eigenvalue weighted by molar-refractivity contribution is 7.92. The Hall–Kier alpha value is -3.52. The summed E-state index contributed by atoms with van der Waals surface area (Å²) in [5.41, 5.74) is 0.964. The molecule has 0 radical (unpaired) electrons. The molecule has 3 N–H and O–H groups in total. The molecule has 1 heterocycles. The average molecular weight is 562 g/mol. The third kappa shape index (κ3) is 8.80. The van der Waals surface area contributed by atoms with Crippen molar-refractivity contribution in [1.29, 1.82) is 0 Å². The first-order valence-corrected chi connectivity index (χ1v) is 13.2. The van der Waals surface area contributed by atoms with E-state index in [0.29, 0.717) is 18.0 Å². The van der Waals surface area contributed by atoms with Gasteiger partial charge < -0.3 is 19.8 Å². The number of sulfonamides is 1. The molecule has 0 spiro atoms. The molecule has 3 rings (SSSR count). The molecule has 1 saturated heterocycles. The largest absolute Gasteiger partial charge is 0.494 e. The highest BCUT2D eigenvalue weighted by Gasteiger charge is 2.38. The van der Waals surface area contributed by atoms with Crippen LogP contribution in [0.3, 0.4) is 0 Å². The fraction of sp³-hybridized carbons (Fsp3) is 0.417. The molecule has 1 aliphatic heterocycles. The maximum absolute atomic E-state index is 13.0. The Morgan fingerprint density at radius 2 is 1.58 bits per heavy atom. The summed E-state index contributed by atoms with van der Waals surface area (Å²) in [5.74, 6) is -3.28. The van der Waals surface area contributed by atoms with Crippen LogP contribution in [0.25, 0.3) is 0 Å². The minimum atomic E-state index is -5.08. The number of carboxylic acid groups (broad SMARTS) is 2. The number of piperazine rings is 1. The van der Waals surface area contributed by atoms with Gasteiger partial charge in [0, 0.05) is 26.2 Å². The number of hydrogen-bond donors (Lipinski definition) is 3. The third-order valence-electron chi connectivity index (χ3n) is 5.43. The number of anilines is 2. The van der Waals surface area contributed by atoms with Crippen LogP contribution in [0, 0.1) is 0 Å². The molecule has 0 saturated carbocycles. The second-order valence-electron chi connectivity index (χ2n) is 8.18. The maximum atomic E-state index is 13.0. The van der Waals surface area contributed by atoms with Crippen LogP contribution in [0.15, 0.2) is 47.4 Å². The Balaban J connectivity index is 0.000000638. The summed E-state index contributed by atoms with van der Waals surface area (Å²) < 4.78 is 65.7. The van der Waals surface area contributed by atoms with Gasteiger partial charge in [-0.15, -0.1) is 0 Å². The summed E-state index contributed by atoms with van der Waals surface area (Å²) in [6, 6.07) is 10.7. The SMILES string of the molecule is CCCN1CCN(c2ccc(C(=O)O)cc2NS(=O)(=O)c2ccc(OCC)cc2)CC1.O=C(O)C(F)(F)F. The number of carboxylic acids is 2. The van der Waals surface area contributed by atoms with E-state index in [0.717, 1.165) is 39.1 Å². The zero-order valence-electron chi connectivity index (χ0n) is 20.9. The van der Waals surface area contributed by atoms with E-state index in [4.69, 9.17) is 14.6 Å². The highest BCUT2D eigenvalue weighted by atomic mass is 32.2. The molecule has 0 amide bonds. The van der Waals surface area contributed by atoms with Crippen LogP contribution in [0.4, 0.5) is 24.5 Å². The average Bonchev–Trinajstić information content (AvgIpc) is 2.85. The number of benzene rings is 2. The minimum absolute atomic E-state index is 0.0257. The van der Waals surface area contributed by atoms with Crippen molar-refractivity contribution in [2.75, 3.05) is 49.0 Å². The number of alkyl halides is 3. The number of halogens is 3. The Morgan fingerprint density at radius 1 is 1.00 bits per heavy atom. The van der Waals surface area contributed by atoms with E-state index < -0.39 is 28.1 Å². The Bertz CT molecular complexity index is 1200. The van der Waals surface area contributed by atoms with Crippen LogP contribution in [0.5, 0.6) is 5.75 Å². The van der Waals surface area contributed by atoms with Crippen LogP contribution >= 0.6 is 0 Å². The van der Waals surface area contributed by atoms with Gasteiger partial charge in [0.2, 0.25) is 0 Å². The molecule has 0 unspecified atom stereocenters. The first kappa shape index (κ1) is 30.7. The number of aromatic carboxylic acids is 1. The molecular weight excluding hydrogens is 531 g/mol. The molecule has 14 heteroatoms. The lowest BCUT2D eigenvalue weighted by atomic mass is 10.1. The van der Waals surface area contributed by atoms with Crippen molar-refractivity contribution in [2.45, 2.75) is 31.3 Å². The van der Waals surface area contributed by atoms with E-state index in [1.807, 2.05) is 6.92 Å². The van der Waals surface area contributed by atoms with Gasteiger partial charge in [-0.1, -0.05) is 6.92 Å². The molecule has 0 atom stereocenters. The molecule has 2 aromatic rings. The number of nitrogens with one attached hydrogen (secondary N) is 1. The third-order valence-corrected chi connectivity index (χ3v) is 6.81. The van der Waals surface area contributed by atoms with Crippen molar-refractivity contribution in [1.82, 2.24) is 4.90 Å². The standard InChI is InChI=1S/C22H29N3O5S.C2HF3O2/c1-3-11-24-12-14-25(15-13-24)21-10-5-17(22(26)27)16-20(21)23-31(28,29)19-8-6-18(7-9-19)30-4-2;3-2(4,5)1(6)7/h5-10,16,23H,3-4,11-15H2,1-2H3,(H,26,27);(H,6,7). The van der Waals surface area contributed by atoms with E-state index in [-0.39, 0.29) is 16.1 Å². The van der Waals surface area contributed by atoms with Gasteiger partial charge in [0.25, 0.3) is 10.0 Å². The summed E-state index contributed by atoms with van der Waals surface area (Å²) in [6.07, 6.45) is -4.00. The van der Waals surface area contributed by atoms with Gasteiger partial charge in [0.05, 0.1) is 28.4 Å². The van der Waals surface area contributed by atoms with Gasteiger partial charge in [-0.25, -0.2) is 18.0 Å². The van der Waals surface area contributed by atoms with E-state index in [1.54, 1.807) is 18.2 Å². The number of aliphatic carboxylic acids is 1. The van der Waals surface area contributed by atoms with Crippen molar-refractivity contribution in [3.05, 3.63) is 48.0 Å². The zero-order chi connectivity index (χ0) is 28.5. The van der Waals surface area contributed by atoms with E-state index >= 15 is 0 Å². The summed E-state index contributed by atoms with van der Waals surface area (Å²) >= 11 is 0. The Labute approximate surface area is 218 Å². The van der Waals surface area contributed by atoms with Gasteiger partial charge in [-0.3, -0.25) is 9.62 Å². The predicted octanol–water partition coefficient (Wildman–Crippen LogP) is 3.75. The fourth-order valence-corrected chi connectivity index (χ4v) is 4.71. The second kappa shape index (κ2) is 13.3. The fourth-order valence-electron chi connectivity index (χ4n) is 3.64. The smallest absolute Gasteiger partial charge is 0.490 e. The first-order valence-electron chi connectivity index (χ1n) is 11.7. The van der Waals surface area contributed by atoms with Crippen LogP contribution in [0.1, 0.15) is 30.6 Å². The Kier molecular flexibility index (Phi) is 10.8. The number of carbonyl (C=O) groups is 2. The molecular formula is C24H30F3N3O7S. The number of rotatable bonds is 9. The number of hydrogen-bond acceptors (Lipinski definition) is 7. The lowest BCUT2D eigenvalue weighted by Gasteiger charge is -2.37. The molecule has 10 nitrogen and oxygen atoms in total. The van der Waals surface area contributed by atoms with Gasteiger partial charge in [-0.05, 0) is 62.4 Å². The van der Waals surface area contributed by atoms with Crippen molar-refractivity contribution in [2.24, 2.45) is 0 Å². The van der Waals surface area contributed by atoms with Crippen LogP contribution in [0.2, 0.25) is 0 Å². The highest BCUT2D eigenvalue weighted by Crippen LogP contribution is 2.31. The van der Waals surface area contributed by atoms with Gasteiger partial charge >= 0.3 is 18.1 Å². The molecule has 0 bridgehead atoms. The minimum Gasteiger partial charge on any atom is -0.494 e. The van der Waals surface area contributed by atoms with Crippen molar-refractivity contribution >= 4 is 33.3 Å². The zero-order valence-corrected chi connectivity index (χ0v) is 21.7. The Morgan fingerprint density at radius 3 is 2.05 bits per heavy atom. The van der Waals surface area contributed by atoms with E-state index in [9.17, 15) is 31.5 Å². The first-order chi connectivity index (χ1) is 17.8. The molecule has 1 aliphatic rings. The lowest BCUT2D eigenvalue weighted by molar-refractivity contribution is -0.192. The molecule has 0 aromatic heterocycles. The predicted molar refractivity (Wildman–Crippen MR) is 134 cm³/mol. The van der Waals surface area contributed by atoms with Gasteiger partial charge in [-0.2, -0.15) is 13.2 Å². The number of ether oxygens (including phenoxy) is 1. The van der Waals surface area contributed by atoms with Crippen LogP contribution in [-0.2, 0) is 14.8 Å². The lowest BCUT2D eigenvalue weighted by Crippen LogP contribution is -2.46. The van der Waals surface area contributed by atoms with Crippen molar-refractivity contribution < 1.29 is 46.1 Å². The molecule has 2 aromatic carbocycles. The monoisotopic (exact) mass is 561 g/mol. The topological polar surface area (TPSA) is 136 Å². The molecule has 38 heavy (non-hydrogen) atoms. The molecule has 0 aliphatic carbocycles. The van der Waals surface area contributed by atoms with Gasteiger partial charge in [0.1, 0.15) is 5.75 Å². The quantitative estimate of drug-likeness (QED) is 0.418. The summed E-state index contributed by atoms with van der Waals surface area (Å²) in [5, 5.41) is 16.5. The number of nitrogens with zero attached hydrogens (tertiary/aromatic N) is 2. The van der Waals surface area contributed by atoms with Crippen molar-refractivity contribution in [3.63, 3.8) is 0 Å².